The molecule has 0 aromatic heterocycles. The van der Waals surface area contributed by atoms with Crippen molar-refractivity contribution in [2.45, 2.75) is 32.7 Å². The number of hydrogen-bond acceptors (Lipinski definition) is 5. The molecule has 2 saturated heterocycles. The van der Waals surface area contributed by atoms with Gasteiger partial charge in [0, 0.05) is 26.2 Å². The average Bonchev–Trinajstić information content (AvgIpc) is 3.02. The van der Waals surface area contributed by atoms with Crippen molar-refractivity contribution < 1.29 is 23.7 Å². The maximum atomic E-state index is 12.7. The molecule has 2 aliphatic heterocycles. The van der Waals surface area contributed by atoms with E-state index < -0.39 is 7.82 Å². The summed E-state index contributed by atoms with van der Waals surface area (Å²) in [6.45, 7) is 7.17. The number of phosphoric ester groups is 1. The second-order valence-corrected chi connectivity index (χ2v) is 8.60. The van der Waals surface area contributed by atoms with E-state index in [1.807, 2.05) is 36.8 Å². The van der Waals surface area contributed by atoms with Crippen molar-refractivity contribution in [3.05, 3.63) is 23.3 Å². The van der Waals surface area contributed by atoms with E-state index in [9.17, 15) is 19.1 Å². The molecule has 0 bridgehead atoms. The minimum atomic E-state index is -4.65. The van der Waals surface area contributed by atoms with E-state index in [4.69, 9.17) is 4.52 Å². The van der Waals surface area contributed by atoms with Crippen molar-refractivity contribution in [2.75, 3.05) is 44.7 Å². The largest absolute Gasteiger partial charge is 0.524 e. The molecule has 1 aromatic rings. The molecular weight excluding hydrogens is 369 g/mol. The molecule has 150 valence electrons. The molecule has 2 heterocycles. The van der Waals surface area contributed by atoms with Gasteiger partial charge >= 0.3 is 7.82 Å². The molecule has 2 fully saturated rings. The number of likely N-dealkylation sites (tertiary alicyclic amines) is 1. The van der Waals surface area contributed by atoms with Crippen molar-refractivity contribution in [2.24, 2.45) is 0 Å². The Labute approximate surface area is 159 Å². The SMILES string of the molecule is Cc1cc(OP(=O)(O)O)c(N2CCN(C(=O)[C@@H]3CCCN3C)CC2)cc1C. The van der Waals surface area contributed by atoms with Crippen LogP contribution in [0.1, 0.15) is 24.0 Å². The van der Waals surface area contributed by atoms with Gasteiger partial charge in [-0.1, -0.05) is 0 Å². The lowest BCUT2D eigenvalue weighted by Crippen LogP contribution is -2.53. The average molecular weight is 397 g/mol. The molecule has 0 saturated carbocycles. The highest BCUT2D eigenvalue weighted by Gasteiger charge is 2.33. The monoisotopic (exact) mass is 397 g/mol. The van der Waals surface area contributed by atoms with Crippen LogP contribution in [0, 0.1) is 13.8 Å². The smallest absolute Gasteiger partial charge is 0.402 e. The summed E-state index contributed by atoms with van der Waals surface area (Å²) in [4.78, 5) is 37.2. The molecule has 27 heavy (non-hydrogen) atoms. The molecule has 9 heteroatoms. The molecule has 2 aliphatic rings. The number of phosphoric acid groups is 1. The topological polar surface area (TPSA) is 93.5 Å². The molecule has 0 unspecified atom stereocenters. The highest BCUT2D eigenvalue weighted by molar-refractivity contribution is 7.46. The van der Waals surface area contributed by atoms with Crippen LogP contribution in [-0.2, 0) is 9.36 Å². The Balaban J connectivity index is 1.73. The Kier molecular flexibility index (Phi) is 5.82. The van der Waals surface area contributed by atoms with Gasteiger partial charge in [-0.3, -0.25) is 19.5 Å². The van der Waals surface area contributed by atoms with Gasteiger partial charge < -0.3 is 14.3 Å². The predicted molar refractivity (Wildman–Crippen MR) is 103 cm³/mol. The van der Waals surface area contributed by atoms with Crippen LogP contribution in [0.2, 0.25) is 0 Å². The van der Waals surface area contributed by atoms with Crippen LogP contribution in [0.3, 0.4) is 0 Å². The molecule has 8 nitrogen and oxygen atoms in total. The van der Waals surface area contributed by atoms with Gasteiger partial charge in [0.15, 0.2) is 5.75 Å². The van der Waals surface area contributed by atoms with Gasteiger partial charge in [0.1, 0.15) is 0 Å². The lowest BCUT2D eigenvalue weighted by atomic mass is 10.1. The number of amides is 1. The Hall–Kier alpha value is -1.60. The standard InChI is InChI=1S/C18H28N3O5P/c1-13-11-16(17(12-14(13)2)26-27(23,24)25)20-7-9-21(10-8-20)18(22)15-5-4-6-19(15)3/h11-12,15H,4-10H2,1-3H3,(H2,23,24,25)/t15-/m0/s1. The second-order valence-electron chi connectivity index (χ2n) is 7.44. The van der Waals surface area contributed by atoms with Gasteiger partial charge in [0.25, 0.3) is 0 Å². The van der Waals surface area contributed by atoms with Gasteiger partial charge in [-0.2, -0.15) is 0 Å². The molecular formula is C18H28N3O5P. The normalized spacial score (nSPS) is 21.6. The fourth-order valence-electron chi connectivity index (χ4n) is 3.82. The summed E-state index contributed by atoms with van der Waals surface area (Å²) in [5.74, 6) is 0.364. The van der Waals surface area contributed by atoms with E-state index >= 15 is 0 Å². The zero-order valence-electron chi connectivity index (χ0n) is 16.1. The first-order valence-corrected chi connectivity index (χ1v) is 10.8. The van der Waals surface area contributed by atoms with Crippen LogP contribution in [0.4, 0.5) is 5.69 Å². The van der Waals surface area contributed by atoms with E-state index in [0.717, 1.165) is 30.5 Å². The molecule has 1 aromatic carbocycles. The molecule has 0 radical (unpaired) electrons. The Bertz CT molecular complexity index is 758. The van der Waals surface area contributed by atoms with Crippen molar-refractivity contribution in [3.63, 3.8) is 0 Å². The molecule has 1 atom stereocenters. The number of piperazine rings is 1. The van der Waals surface area contributed by atoms with Gasteiger partial charge in [-0.25, -0.2) is 4.57 Å². The Morgan fingerprint density at radius 1 is 1.11 bits per heavy atom. The third kappa shape index (κ3) is 4.63. The summed E-state index contributed by atoms with van der Waals surface area (Å²) in [5, 5.41) is 0. The van der Waals surface area contributed by atoms with Crippen molar-refractivity contribution in [1.29, 1.82) is 0 Å². The third-order valence-electron chi connectivity index (χ3n) is 5.53. The number of anilines is 1. The third-order valence-corrected chi connectivity index (χ3v) is 5.96. The highest BCUT2D eigenvalue weighted by atomic mass is 31.2. The first-order valence-electron chi connectivity index (χ1n) is 9.26. The molecule has 0 aliphatic carbocycles. The lowest BCUT2D eigenvalue weighted by Gasteiger charge is -2.38. The molecule has 3 rings (SSSR count). The van der Waals surface area contributed by atoms with Crippen LogP contribution < -0.4 is 9.42 Å². The summed E-state index contributed by atoms with van der Waals surface area (Å²) in [6.07, 6.45) is 1.96. The van der Waals surface area contributed by atoms with Crippen molar-refractivity contribution >= 4 is 19.4 Å². The quantitative estimate of drug-likeness (QED) is 0.744. The Morgan fingerprint density at radius 3 is 2.30 bits per heavy atom. The number of nitrogens with zero attached hydrogens (tertiary/aromatic N) is 3. The first-order chi connectivity index (χ1) is 12.7. The number of likely N-dealkylation sites (N-methyl/N-ethyl adjacent to an activating group) is 1. The predicted octanol–water partition coefficient (Wildman–Crippen LogP) is 1.52. The number of hydrogen-bond donors (Lipinski definition) is 2. The summed E-state index contributed by atoms with van der Waals surface area (Å²) in [5.41, 5.74) is 2.58. The van der Waals surface area contributed by atoms with Crippen molar-refractivity contribution in [3.8, 4) is 5.75 Å². The zero-order valence-corrected chi connectivity index (χ0v) is 17.0. The summed E-state index contributed by atoms with van der Waals surface area (Å²) < 4.78 is 16.3. The van der Waals surface area contributed by atoms with E-state index in [-0.39, 0.29) is 17.7 Å². The number of benzene rings is 1. The molecule has 2 N–H and O–H groups in total. The minimum Gasteiger partial charge on any atom is -0.402 e. The van der Waals surface area contributed by atoms with Gasteiger partial charge in [0.2, 0.25) is 5.91 Å². The van der Waals surface area contributed by atoms with E-state index in [1.54, 1.807) is 6.07 Å². The maximum Gasteiger partial charge on any atom is 0.524 e. The van der Waals surface area contributed by atoms with Crippen LogP contribution in [0.25, 0.3) is 0 Å². The number of carbonyl (C=O) groups excluding carboxylic acids is 1. The summed E-state index contributed by atoms with van der Waals surface area (Å²) in [7, 11) is -2.65. The summed E-state index contributed by atoms with van der Waals surface area (Å²) >= 11 is 0. The van der Waals surface area contributed by atoms with Crippen LogP contribution in [0.5, 0.6) is 5.75 Å². The Morgan fingerprint density at radius 2 is 1.74 bits per heavy atom. The number of rotatable bonds is 4. The highest BCUT2D eigenvalue weighted by Crippen LogP contribution is 2.43. The maximum absolute atomic E-state index is 12.7. The first kappa shape index (κ1) is 20.1. The van der Waals surface area contributed by atoms with E-state index in [1.165, 1.54) is 0 Å². The van der Waals surface area contributed by atoms with Crippen LogP contribution in [0.15, 0.2) is 12.1 Å². The van der Waals surface area contributed by atoms with Crippen molar-refractivity contribution in [1.82, 2.24) is 9.80 Å². The van der Waals surface area contributed by atoms with Crippen LogP contribution in [-0.4, -0.2) is 71.3 Å². The lowest BCUT2D eigenvalue weighted by molar-refractivity contribution is -0.135. The molecule has 0 spiro atoms. The number of aryl methyl sites for hydroxylation is 2. The van der Waals surface area contributed by atoms with E-state index in [0.29, 0.717) is 31.9 Å². The number of carbonyl (C=O) groups is 1. The van der Waals surface area contributed by atoms with Gasteiger partial charge in [0.05, 0.1) is 11.7 Å². The minimum absolute atomic E-state index is 0.0216. The summed E-state index contributed by atoms with van der Waals surface area (Å²) in [6, 6.07) is 3.53. The van der Waals surface area contributed by atoms with Gasteiger partial charge in [-0.15, -0.1) is 0 Å². The zero-order chi connectivity index (χ0) is 19.8. The molecule has 1 amide bonds. The van der Waals surface area contributed by atoms with E-state index in [2.05, 4.69) is 4.90 Å². The fraction of sp³-hybridized carbons (Fsp3) is 0.611. The van der Waals surface area contributed by atoms with Crippen LogP contribution >= 0.6 is 7.82 Å². The fourth-order valence-corrected chi connectivity index (χ4v) is 4.23. The second kappa shape index (κ2) is 7.80. The van der Waals surface area contributed by atoms with Gasteiger partial charge in [-0.05, 0) is 63.5 Å².